The Morgan fingerprint density at radius 3 is 2.72 bits per heavy atom. The first kappa shape index (κ1) is 18.1. The fraction of sp³-hybridized carbons (Fsp3) is 0.684. The Morgan fingerprint density at radius 2 is 2.08 bits per heavy atom. The molecule has 2 fully saturated rings. The zero-order valence-electron chi connectivity index (χ0n) is 15.8. The number of rotatable bonds is 5. The molecule has 1 aromatic rings. The van der Waals surface area contributed by atoms with Crippen molar-refractivity contribution in [3.63, 3.8) is 0 Å². The van der Waals surface area contributed by atoms with Gasteiger partial charge in [0.1, 0.15) is 5.82 Å². The monoisotopic (exact) mass is 346 g/mol. The van der Waals surface area contributed by atoms with Crippen LogP contribution in [0, 0.1) is 5.41 Å². The average molecular weight is 346 g/mol. The number of anilines is 1. The molecule has 0 aromatic carbocycles. The van der Waals surface area contributed by atoms with E-state index < -0.39 is 0 Å². The van der Waals surface area contributed by atoms with Crippen LogP contribution in [0.3, 0.4) is 0 Å². The molecule has 1 aromatic heterocycles. The van der Waals surface area contributed by atoms with E-state index in [2.05, 4.69) is 41.0 Å². The molecule has 1 aliphatic carbocycles. The molecule has 0 spiro atoms. The predicted molar refractivity (Wildman–Crippen MR) is 99.0 cm³/mol. The van der Waals surface area contributed by atoms with Crippen LogP contribution in [0.5, 0.6) is 0 Å². The minimum absolute atomic E-state index is 0.0224. The fourth-order valence-corrected chi connectivity index (χ4v) is 3.62. The number of pyridine rings is 1. The number of ether oxygens (including phenoxy) is 1. The maximum atomic E-state index is 12.7. The number of nitrogens with one attached hydrogen (secondary N) is 1. The summed E-state index contributed by atoms with van der Waals surface area (Å²) in [5.41, 5.74) is 0.651. The van der Waals surface area contributed by atoms with Crippen LogP contribution < -0.4 is 10.2 Å². The lowest BCUT2D eigenvalue weighted by molar-refractivity contribution is -0.111. The fourth-order valence-electron chi connectivity index (χ4n) is 3.62. The molecule has 1 amide bonds. The Balaban J connectivity index is 1.62. The molecule has 138 valence electrons. The van der Waals surface area contributed by atoms with Gasteiger partial charge in [0.2, 0.25) is 0 Å². The van der Waals surface area contributed by atoms with E-state index >= 15 is 0 Å². The number of amides is 1. The van der Waals surface area contributed by atoms with Crippen molar-refractivity contribution in [2.45, 2.75) is 39.3 Å². The van der Waals surface area contributed by atoms with E-state index in [1.165, 1.54) is 0 Å². The molecule has 1 saturated heterocycles. The number of piperazine rings is 1. The second-order valence-corrected chi connectivity index (χ2v) is 7.72. The molecular weight excluding hydrogens is 316 g/mol. The second-order valence-electron chi connectivity index (χ2n) is 7.72. The molecule has 2 heterocycles. The van der Waals surface area contributed by atoms with Crippen molar-refractivity contribution >= 4 is 11.7 Å². The van der Waals surface area contributed by atoms with Crippen LogP contribution in [-0.4, -0.2) is 67.8 Å². The Hall–Kier alpha value is -1.66. The van der Waals surface area contributed by atoms with Crippen molar-refractivity contribution < 1.29 is 9.53 Å². The van der Waals surface area contributed by atoms with Crippen LogP contribution in [0.4, 0.5) is 5.82 Å². The average Bonchev–Trinajstić information content (AvgIpc) is 2.61. The smallest absolute Gasteiger partial charge is 0.251 e. The molecule has 2 aliphatic rings. The molecule has 0 bridgehead atoms. The highest BCUT2D eigenvalue weighted by molar-refractivity contribution is 5.95. The Morgan fingerprint density at radius 1 is 1.36 bits per heavy atom. The highest BCUT2D eigenvalue weighted by atomic mass is 16.5. The molecule has 1 saturated carbocycles. The second kappa shape index (κ2) is 7.30. The third kappa shape index (κ3) is 3.80. The third-order valence-corrected chi connectivity index (χ3v) is 5.69. The number of hydrogen-bond acceptors (Lipinski definition) is 5. The minimum atomic E-state index is -0.0288. The first-order chi connectivity index (χ1) is 11.9. The Labute approximate surface area is 150 Å². The molecule has 2 atom stereocenters. The van der Waals surface area contributed by atoms with E-state index in [1.54, 1.807) is 12.3 Å². The topological polar surface area (TPSA) is 57.7 Å². The number of hydrogen-bond donors (Lipinski definition) is 1. The van der Waals surface area contributed by atoms with Gasteiger partial charge in [0.05, 0.1) is 6.10 Å². The van der Waals surface area contributed by atoms with Crippen LogP contribution in [0.1, 0.15) is 37.6 Å². The lowest BCUT2D eigenvalue weighted by Gasteiger charge is -2.51. The maximum Gasteiger partial charge on any atom is 0.251 e. The van der Waals surface area contributed by atoms with Gasteiger partial charge in [-0.1, -0.05) is 13.8 Å². The Bertz CT molecular complexity index is 611. The Kier molecular flexibility index (Phi) is 5.29. The van der Waals surface area contributed by atoms with Crippen LogP contribution in [0.15, 0.2) is 18.3 Å². The normalized spacial score (nSPS) is 26.2. The SMILES string of the molecule is CCO[C@H]1C[C@@H](NC(=O)c2ccnc(N3CCN(C)CC3)c2)C1(C)C. The number of likely N-dealkylation sites (N-methyl/N-ethyl adjacent to an activating group) is 1. The van der Waals surface area contributed by atoms with E-state index in [0.717, 1.165) is 38.4 Å². The predicted octanol–water partition coefficient (Wildman–Crippen LogP) is 1.77. The summed E-state index contributed by atoms with van der Waals surface area (Å²) >= 11 is 0. The minimum Gasteiger partial charge on any atom is -0.378 e. The van der Waals surface area contributed by atoms with E-state index in [-0.39, 0.29) is 23.5 Å². The van der Waals surface area contributed by atoms with Crippen LogP contribution in [0.2, 0.25) is 0 Å². The van der Waals surface area contributed by atoms with Gasteiger partial charge in [-0.05, 0) is 32.5 Å². The van der Waals surface area contributed by atoms with E-state index in [1.807, 2.05) is 13.0 Å². The molecule has 1 N–H and O–H groups in total. The largest absolute Gasteiger partial charge is 0.378 e. The van der Waals surface area contributed by atoms with Crippen molar-refractivity contribution in [2.75, 3.05) is 44.7 Å². The zero-order chi connectivity index (χ0) is 18.0. The molecule has 1 aliphatic heterocycles. The molecule has 0 radical (unpaired) electrons. The number of carbonyl (C=O) groups excluding carboxylic acids is 1. The molecule has 3 rings (SSSR count). The summed E-state index contributed by atoms with van der Waals surface area (Å²) < 4.78 is 5.75. The first-order valence-corrected chi connectivity index (χ1v) is 9.24. The van der Waals surface area contributed by atoms with Crippen molar-refractivity contribution in [1.29, 1.82) is 0 Å². The van der Waals surface area contributed by atoms with Crippen molar-refractivity contribution in [3.05, 3.63) is 23.9 Å². The molecule has 0 unspecified atom stereocenters. The first-order valence-electron chi connectivity index (χ1n) is 9.24. The van der Waals surface area contributed by atoms with Crippen LogP contribution in [0.25, 0.3) is 0 Å². The van der Waals surface area contributed by atoms with Gasteiger partial charge in [0, 0.05) is 56.0 Å². The van der Waals surface area contributed by atoms with Gasteiger partial charge in [0.15, 0.2) is 0 Å². The number of carbonyl (C=O) groups is 1. The van der Waals surface area contributed by atoms with Gasteiger partial charge >= 0.3 is 0 Å². The summed E-state index contributed by atoms with van der Waals surface area (Å²) in [4.78, 5) is 21.7. The lowest BCUT2D eigenvalue weighted by Crippen LogP contribution is -2.62. The summed E-state index contributed by atoms with van der Waals surface area (Å²) in [6.07, 6.45) is 2.83. The summed E-state index contributed by atoms with van der Waals surface area (Å²) in [6, 6.07) is 3.85. The maximum absolute atomic E-state index is 12.7. The molecular formula is C19H30N4O2. The van der Waals surface area contributed by atoms with E-state index in [0.29, 0.717) is 12.2 Å². The standard InChI is InChI=1S/C19H30N4O2/c1-5-25-16-13-15(19(16,2)3)21-18(24)14-6-7-20-17(12-14)23-10-8-22(4)9-11-23/h6-7,12,15-16H,5,8-11,13H2,1-4H3,(H,21,24)/t15-,16+/m1/s1. The van der Waals surface area contributed by atoms with Crippen molar-refractivity contribution in [3.8, 4) is 0 Å². The third-order valence-electron chi connectivity index (χ3n) is 5.69. The van der Waals surface area contributed by atoms with E-state index in [4.69, 9.17) is 4.74 Å². The summed E-state index contributed by atoms with van der Waals surface area (Å²) in [5, 5.41) is 3.18. The van der Waals surface area contributed by atoms with Gasteiger partial charge in [-0.2, -0.15) is 0 Å². The highest BCUT2D eigenvalue weighted by Gasteiger charge is 2.49. The summed E-state index contributed by atoms with van der Waals surface area (Å²) in [5.74, 6) is 0.867. The van der Waals surface area contributed by atoms with Crippen molar-refractivity contribution in [1.82, 2.24) is 15.2 Å². The van der Waals surface area contributed by atoms with Gasteiger partial charge < -0.3 is 19.9 Å². The summed E-state index contributed by atoms with van der Waals surface area (Å²) in [6.45, 7) is 11.0. The molecule has 6 heteroatoms. The quantitative estimate of drug-likeness (QED) is 0.880. The van der Waals surface area contributed by atoms with Gasteiger partial charge in [-0.25, -0.2) is 4.98 Å². The highest BCUT2D eigenvalue weighted by Crippen LogP contribution is 2.42. The van der Waals surface area contributed by atoms with Crippen molar-refractivity contribution in [2.24, 2.45) is 5.41 Å². The lowest BCUT2D eigenvalue weighted by atomic mass is 9.64. The number of aromatic nitrogens is 1. The number of nitrogens with zero attached hydrogens (tertiary/aromatic N) is 3. The van der Waals surface area contributed by atoms with Crippen LogP contribution >= 0.6 is 0 Å². The molecule has 25 heavy (non-hydrogen) atoms. The zero-order valence-corrected chi connectivity index (χ0v) is 15.8. The van der Waals surface area contributed by atoms with Gasteiger partial charge in [-0.15, -0.1) is 0 Å². The van der Waals surface area contributed by atoms with Crippen LogP contribution in [-0.2, 0) is 4.74 Å². The van der Waals surface area contributed by atoms with Gasteiger partial charge in [-0.3, -0.25) is 4.79 Å². The summed E-state index contributed by atoms with van der Waals surface area (Å²) in [7, 11) is 2.13. The molecule has 6 nitrogen and oxygen atoms in total. The van der Waals surface area contributed by atoms with E-state index in [9.17, 15) is 4.79 Å². The van der Waals surface area contributed by atoms with Gasteiger partial charge in [0.25, 0.3) is 5.91 Å².